The molecule has 0 spiro atoms. The highest BCUT2D eigenvalue weighted by molar-refractivity contribution is 9.10. The highest BCUT2D eigenvalue weighted by atomic mass is 79.9. The van der Waals surface area contributed by atoms with Crippen LogP contribution < -0.4 is 21.7 Å². The average Bonchev–Trinajstić information content (AvgIpc) is 2.21. The van der Waals surface area contributed by atoms with Gasteiger partial charge in [0.1, 0.15) is 4.47 Å². The highest BCUT2D eigenvalue weighted by Gasteiger charge is 2.25. The number of hydrogen-bond donors (Lipinski definition) is 0. The van der Waals surface area contributed by atoms with E-state index in [-0.39, 0.29) is 17.0 Å². The summed E-state index contributed by atoms with van der Waals surface area (Å²) in [4.78, 5) is 0.612. The summed E-state index contributed by atoms with van der Waals surface area (Å²) in [6.07, 6.45) is 4.20. The predicted octanol–water partition coefficient (Wildman–Crippen LogP) is -1.68. The molecule has 0 atom stereocenters. The minimum absolute atomic E-state index is 0. The number of aromatic nitrogens is 2. The van der Waals surface area contributed by atoms with Gasteiger partial charge in [-0.3, -0.25) is 0 Å². The van der Waals surface area contributed by atoms with E-state index in [2.05, 4.69) is 53.6 Å². The van der Waals surface area contributed by atoms with Gasteiger partial charge < -0.3 is 17.0 Å². The van der Waals surface area contributed by atoms with Gasteiger partial charge in [0.25, 0.3) is 0 Å². The van der Waals surface area contributed by atoms with Crippen LogP contribution in [-0.2, 0) is 13.1 Å². The van der Waals surface area contributed by atoms with Crippen molar-refractivity contribution in [1.29, 1.82) is 0 Å². The number of nitrogens with zero attached hydrogens (tertiary/aromatic N) is 2. The van der Waals surface area contributed by atoms with Gasteiger partial charge in [-0.15, -0.1) is 4.68 Å². The van der Waals surface area contributed by atoms with Crippen molar-refractivity contribution in [3.05, 3.63) is 16.9 Å². The molecule has 1 aromatic rings. The normalized spacial score (nSPS) is 21.1. The summed E-state index contributed by atoms with van der Waals surface area (Å²) in [6.45, 7) is 2.15. The van der Waals surface area contributed by atoms with Gasteiger partial charge in [0, 0.05) is 0 Å². The number of alkyl halides is 1. The predicted molar refractivity (Wildman–Crippen MR) is 45.0 cm³/mol. The Labute approximate surface area is 92.6 Å². The Hall–Kier alpha value is 0.650. The Kier molecular flexibility index (Phi) is 3.17. The molecule has 0 bridgehead atoms. The lowest BCUT2D eigenvalue weighted by Gasteiger charge is -1.85. The van der Waals surface area contributed by atoms with Crippen LogP contribution in [0.4, 0.5) is 0 Å². The van der Waals surface area contributed by atoms with E-state index in [1.54, 1.807) is 0 Å². The van der Waals surface area contributed by atoms with E-state index in [0.29, 0.717) is 4.83 Å². The molecule has 0 radical (unpaired) electrons. The molecule has 62 valence electrons. The van der Waals surface area contributed by atoms with Crippen molar-refractivity contribution in [3.63, 3.8) is 0 Å². The van der Waals surface area contributed by atoms with Crippen molar-refractivity contribution in [3.8, 4) is 0 Å². The summed E-state index contributed by atoms with van der Waals surface area (Å²) >= 11 is 6.99. The average molecular weight is 347 g/mol. The lowest BCUT2D eigenvalue weighted by Crippen LogP contribution is -3.00. The maximum atomic E-state index is 3.57. The van der Waals surface area contributed by atoms with Crippen molar-refractivity contribution in [2.24, 2.45) is 0 Å². The number of halogens is 3. The second-order valence-electron chi connectivity index (χ2n) is 2.48. The molecule has 0 aromatic carbocycles. The lowest BCUT2D eigenvalue weighted by atomic mass is 10.4. The second-order valence-corrected chi connectivity index (χ2v) is 4.70. The van der Waals surface area contributed by atoms with E-state index in [9.17, 15) is 0 Å². The Morgan fingerprint density at radius 2 is 2.36 bits per heavy atom. The van der Waals surface area contributed by atoms with Crippen LogP contribution in [0.25, 0.3) is 0 Å². The molecule has 1 aliphatic heterocycles. The molecule has 0 N–H and O–H groups in total. The Morgan fingerprint density at radius 3 is 3.00 bits per heavy atom. The molecule has 2 heterocycles. The van der Waals surface area contributed by atoms with Crippen molar-refractivity contribution < 1.29 is 21.7 Å². The zero-order valence-corrected chi connectivity index (χ0v) is 10.4. The highest BCUT2D eigenvalue weighted by Crippen LogP contribution is 2.13. The molecule has 1 aliphatic rings. The van der Waals surface area contributed by atoms with Crippen LogP contribution in [0.5, 0.6) is 0 Å². The molecule has 0 saturated carbocycles. The van der Waals surface area contributed by atoms with Crippen LogP contribution >= 0.6 is 31.9 Å². The topological polar surface area (TPSA) is 8.81 Å². The molecule has 0 fully saturated rings. The zero-order valence-electron chi connectivity index (χ0n) is 5.67. The van der Waals surface area contributed by atoms with Gasteiger partial charge in [0.2, 0.25) is 6.20 Å². The third-order valence-electron chi connectivity index (χ3n) is 1.65. The number of hydrogen-bond acceptors (Lipinski definition) is 0. The van der Waals surface area contributed by atoms with Crippen molar-refractivity contribution >= 4 is 31.9 Å². The molecule has 0 unspecified atom stereocenters. The van der Waals surface area contributed by atoms with Crippen LogP contribution in [0.2, 0.25) is 0 Å². The van der Waals surface area contributed by atoms with E-state index in [1.807, 2.05) is 0 Å². The fourth-order valence-corrected chi connectivity index (χ4v) is 2.31. The van der Waals surface area contributed by atoms with Crippen molar-refractivity contribution in [2.45, 2.75) is 17.9 Å². The molecule has 2 nitrogen and oxygen atoms in total. The van der Waals surface area contributed by atoms with Gasteiger partial charge in [0.05, 0.1) is 17.6 Å². The van der Waals surface area contributed by atoms with Crippen LogP contribution in [-0.4, -0.2) is 9.51 Å². The van der Waals surface area contributed by atoms with Crippen molar-refractivity contribution in [1.82, 2.24) is 4.68 Å². The lowest BCUT2D eigenvalue weighted by molar-refractivity contribution is -0.757. The van der Waals surface area contributed by atoms with Crippen LogP contribution in [0.15, 0.2) is 16.9 Å². The van der Waals surface area contributed by atoms with E-state index in [1.165, 1.54) is 0 Å². The monoisotopic (exact) mass is 344 g/mol. The summed E-state index contributed by atoms with van der Waals surface area (Å²) in [6, 6.07) is 0. The minimum Gasteiger partial charge on any atom is -1.00 e. The van der Waals surface area contributed by atoms with E-state index >= 15 is 0 Å². The summed E-state index contributed by atoms with van der Waals surface area (Å²) in [5.41, 5.74) is 0. The van der Waals surface area contributed by atoms with Gasteiger partial charge in [-0.1, -0.05) is 15.9 Å². The number of fused-ring (bicyclic) bond motifs is 1. The molecular weight excluding hydrogens is 340 g/mol. The fraction of sp³-hybridized carbons (Fsp3) is 0.500. The molecule has 2 rings (SSSR count). The van der Waals surface area contributed by atoms with Crippen LogP contribution in [0.1, 0.15) is 0 Å². The summed E-state index contributed by atoms with van der Waals surface area (Å²) < 4.78 is 5.56. The largest absolute Gasteiger partial charge is 1.00 e. The van der Waals surface area contributed by atoms with Crippen LogP contribution in [0, 0.1) is 0 Å². The molecule has 0 saturated heterocycles. The van der Waals surface area contributed by atoms with E-state index < -0.39 is 0 Å². The summed E-state index contributed by atoms with van der Waals surface area (Å²) in [7, 11) is 0. The quantitative estimate of drug-likeness (QED) is 0.392. The molecule has 0 amide bonds. The first-order valence-corrected chi connectivity index (χ1v) is 4.86. The first kappa shape index (κ1) is 9.74. The van der Waals surface area contributed by atoms with Crippen molar-refractivity contribution in [2.75, 3.05) is 0 Å². The summed E-state index contributed by atoms with van der Waals surface area (Å²) in [5.74, 6) is 0. The van der Waals surface area contributed by atoms with E-state index in [0.717, 1.165) is 17.6 Å². The Bertz CT molecular complexity index is 235. The number of rotatable bonds is 0. The maximum Gasteiger partial charge on any atom is 0.209 e. The first-order valence-electron chi connectivity index (χ1n) is 3.15. The maximum absolute atomic E-state index is 3.57. The Morgan fingerprint density at radius 1 is 1.64 bits per heavy atom. The van der Waals surface area contributed by atoms with Gasteiger partial charge in [-0.05, 0) is 15.9 Å². The fourth-order valence-electron chi connectivity index (χ4n) is 1.25. The van der Waals surface area contributed by atoms with Crippen LogP contribution in [0.3, 0.4) is 0 Å². The third kappa shape index (κ3) is 1.87. The molecule has 1 aromatic heterocycles. The second kappa shape index (κ2) is 3.58. The van der Waals surface area contributed by atoms with Gasteiger partial charge in [-0.2, -0.15) is 4.68 Å². The molecule has 11 heavy (non-hydrogen) atoms. The zero-order chi connectivity index (χ0) is 7.14. The van der Waals surface area contributed by atoms with Gasteiger partial charge in [-0.25, -0.2) is 0 Å². The SMILES string of the molecule is Brc1cn2[n+](c1)CC(Br)C2.[Br-]. The van der Waals surface area contributed by atoms with Gasteiger partial charge in [0.15, 0.2) is 6.54 Å². The minimum atomic E-state index is 0. The third-order valence-corrected chi connectivity index (χ3v) is 2.63. The molecule has 0 aliphatic carbocycles. The smallest absolute Gasteiger partial charge is 0.209 e. The first-order chi connectivity index (χ1) is 4.75. The summed E-state index contributed by atoms with van der Waals surface area (Å²) in [5, 5.41) is 0. The van der Waals surface area contributed by atoms with Gasteiger partial charge >= 0.3 is 0 Å². The molecule has 5 heteroatoms. The van der Waals surface area contributed by atoms with E-state index in [4.69, 9.17) is 0 Å². The molecular formula is C6H7Br3N2. The Balaban J connectivity index is 0.000000605. The standard InChI is InChI=1S/C6H7Br2N2.BrH/c7-5-1-9-3-6(8)4-10(9)2-5;/h1-2,6H,3-4H2;1H/q+1;/p-1.